The van der Waals surface area contributed by atoms with Gasteiger partial charge in [-0.15, -0.1) is 0 Å². The molecule has 0 radical (unpaired) electrons. The van der Waals surface area contributed by atoms with Gasteiger partial charge >= 0.3 is 11.9 Å². The molecule has 0 amide bonds. The van der Waals surface area contributed by atoms with Crippen molar-refractivity contribution in [3.8, 4) is 11.3 Å². The molecule has 7 nitrogen and oxygen atoms in total. The molecular weight excluding hydrogens is 453 g/mol. The molecule has 8 heteroatoms. The van der Waals surface area contributed by atoms with Crippen molar-refractivity contribution in [3.63, 3.8) is 0 Å². The maximum Gasteiger partial charge on any atom is 0.340 e. The summed E-state index contributed by atoms with van der Waals surface area (Å²) >= 11 is 0. The Kier molecular flexibility index (Phi) is 9.83. The summed E-state index contributed by atoms with van der Waals surface area (Å²) in [5, 5.41) is 19.1. The molecule has 2 N–H and O–H groups in total. The number of carbonyl (C=O) groups excluding carboxylic acids is 2. The van der Waals surface area contributed by atoms with Crippen molar-refractivity contribution < 1.29 is 33.7 Å². The second-order valence-corrected chi connectivity index (χ2v) is 8.82. The molecule has 0 bridgehead atoms. The summed E-state index contributed by atoms with van der Waals surface area (Å²) in [5.74, 6) is -3.07. The number of hydrogen-bond donors (Lipinski definition) is 2. The highest BCUT2D eigenvalue weighted by atomic mass is 19.1. The smallest absolute Gasteiger partial charge is 0.340 e. The van der Waals surface area contributed by atoms with E-state index in [9.17, 15) is 23.9 Å². The summed E-state index contributed by atoms with van der Waals surface area (Å²) in [6.45, 7) is 9.56. The molecule has 0 saturated carbocycles. The van der Waals surface area contributed by atoms with Crippen LogP contribution in [0, 0.1) is 5.82 Å². The Labute approximate surface area is 204 Å². The van der Waals surface area contributed by atoms with Crippen LogP contribution in [-0.4, -0.2) is 45.6 Å². The maximum atomic E-state index is 13.6. The van der Waals surface area contributed by atoms with E-state index in [0.717, 1.165) is 0 Å². The fraction of sp³-hybridized carbons (Fsp3) is 0.407. The van der Waals surface area contributed by atoms with Crippen molar-refractivity contribution in [3.05, 3.63) is 58.5 Å². The third-order valence-corrected chi connectivity index (χ3v) is 5.29. The van der Waals surface area contributed by atoms with Crippen molar-refractivity contribution in [2.75, 3.05) is 6.61 Å². The number of ether oxygens (including phenoxy) is 1. The first kappa shape index (κ1) is 27.9. The summed E-state index contributed by atoms with van der Waals surface area (Å²) in [6.07, 6.45) is 0.666. The molecule has 0 aliphatic carbocycles. The minimum atomic E-state index is -1.26. The monoisotopic (exact) mass is 485 g/mol. The van der Waals surface area contributed by atoms with Crippen LogP contribution in [0.2, 0.25) is 0 Å². The number of carbonyl (C=O) groups is 3. The van der Waals surface area contributed by atoms with Crippen LogP contribution < -0.4 is 0 Å². The van der Waals surface area contributed by atoms with Gasteiger partial charge in [-0.05, 0) is 48.6 Å². The maximum absolute atomic E-state index is 13.6. The predicted octanol–water partition coefficient (Wildman–Crippen LogP) is 5.12. The summed E-state index contributed by atoms with van der Waals surface area (Å²) in [7, 11) is 0. The first-order valence-corrected chi connectivity index (χ1v) is 11.6. The Hall–Kier alpha value is -3.39. The number of ketones is 1. The van der Waals surface area contributed by atoms with Crippen LogP contribution in [0.3, 0.4) is 0 Å². The van der Waals surface area contributed by atoms with Crippen molar-refractivity contribution in [2.24, 2.45) is 0 Å². The highest BCUT2D eigenvalue weighted by Gasteiger charge is 2.28. The molecule has 1 atom stereocenters. The average Bonchev–Trinajstić information content (AvgIpc) is 2.76. The highest BCUT2D eigenvalue weighted by Crippen LogP contribution is 2.37. The SMILES string of the molecule is CCOC(=O)c1c(C(C)C)nc(-c2ccc(F)cc2)c(/C=C/C(O)CC(=O)CC(=O)O)c1C(C)C. The van der Waals surface area contributed by atoms with Crippen LogP contribution in [0.25, 0.3) is 17.3 Å². The molecule has 2 rings (SSSR count). The number of nitrogens with zero attached hydrogens (tertiary/aromatic N) is 1. The topological polar surface area (TPSA) is 114 Å². The number of pyridine rings is 1. The van der Waals surface area contributed by atoms with Crippen molar-refractivity contribution in [2.45, 2.75) is 65.4 Å². The molecule has 0 aliphatic rings. The minimum Gasteiger partial charge on any atom is -0.481 e. The second-order valence-electron chi connectivity index (χ2n) is 8.82. The number of Topliss-reactive ketones (excluding diaryl/α,β-unsaturated/α-hetero) is 1. The number of carboxylic acid groups (broad SMARTS) is 1. The van der Waals surface area contributed by atoms with E-state index in [4.69, 9.17) is 14.8 Å². The number of aliphatic carboxylic acids is 1. The predicted molar refractivity (Wildman–Crippen MR) is 131 cm³/mol. The largest absolute Gasteiger partial charge is 0.481 e. The number of halogens is 1. The number of aromatic nitrogens is 1. The van der Waals surface area contributed by atoms with Crippen LogP contribution >= 0.6 is 0 Å². The van der Waals surface area contributed by atoms with E-state index >= 15 is 0 Å². The lowest BCUT2D eigenvalue weighted by Gasteiger charge is -2.23. The van der Waals surface area contributed by atoms with Gasteiger partial charge in [0.2, 0.25) is 0 Å². The van der Waals surface area contributed by atoms with Crippen LogP contribution in [0.15, 0.2) is 30.3 Å². The van der Waals surface area contributed by atoms with Gasteiger partial charge in [0.15, 0.2) is 0 Å². The number of hydrogen-bond acceptors (Lipinski definition) is 6. The number of rotatable bonds is 11. The molecule has 0 spiro atoms. The molecule has 0 saturated heterocycles. The van der Waals surface area contributed by atoms with Crippen LogP contribution in [0.5, 0.6) is 0 Å². The van der Waals surface area contributed by atoms with E-state index in [1.54, 1.807) is 25.1 Å². The van der Waals surface area contributed by atoms with Gasteiger partial charge in [0.05, 0.1) is 29.7 Å². The Bertz CT molecular complexity index is 1110. The van der Waals surface area contributed by atoms with Crippen LogP contribution in [0.1, 0.15) is 86.5 Å². The lowest BCUT2D eigenvalue weighted by Crippen LogP contribution is -2.18. The van der Waals surface area contributed by atoms with E-state index in [1.807, 2.05) is 27.7 Å². The zero-order chi connectivity index (χ0) is 26.3. The molecule has 1 aromatic carbocycles. The first-order chi connectivity index (χ1) is 16.5. The number of carboxylic acids is 1. The zero-order valence-electron chi connectivity index (χ0n) is 20.7. The van der Waals surface area contributed by atoms with E-state index in [-0.39, 0.29) is 24.9 Å². The number of aliphatic hydroxyl groups is 1. The minimum absolute atomic E-state index is 0.122. The highest BCUT2D eigenvalue weighted by molar-refractivity contribution is 5.96. The Balaban J connectivity index is 2.77. The third kappa shape index (κ3) is 7.29. The van der Waals surface area contributed by atoms with Gasteiger partial charge in [-0.1, -0.05) is 39.8 Å². The van der Waals surface area contributed by atoms with E-state index < -0.39 is 36.1 Å². The molecule has 1 heterocycles. The standard InChI is InChI=1S/C27H32FNO6/c1-6-35-27(34)24-23(15(2)3)21(12-11-19(30)13-20(31)14-22(32)33)26(29-25(24)16(4)5)17-7-9-18(28)10-8-17/h7-12,15-16,19,30H,6,13-14H2,1-5H3,(H,32,33)/b12-11+. The fourth-order valence-corrected chi connectivity index (χ4v) is 3.82. The average molecular weight is 486 g/mol. The summed E-state index contributed by atoms with van der Waals surface area (Å²) in [6, 6.07) is 5.79. The van der Waals surface area contributed by atoms with Gasteiger partial charge < -0.3 is 14.9 Å². The normalized spacial score (nSPS) is 12.4. The molecule has 188 valence electrons. The number of esters is 1. The number of benzene rings is 1. The molecular formula is C27H32FNO6. The van der Waals surface area contributed by atoms with Gasteiger partial charge in [-0.25, -0.2) is 9.18 Å². The van der Waals surface area contributed by atoms with Crippen molar-refractivity contribution in [1.82, 2.24) is 4.98 Å². The Morgan fingerprint density at radius 1 is 1.09 bits per heavy atom. The van der Waals surface area contributed by atoms with Crippen molar-refractivity contribution in [1.29, 1.82) is 0 Å². The second kappa shape index (κ2) is 12.4. The van der Waals surface area contributed by atoms with Gasteiger partial charge in [0.25, 0.3) is 0 Å². The summed E-state index contributed by atoms with van der Waals surface area (Å²) in [5.41, 5.74) is 3.18. The fourth-order valence-electron chi connectivity index (χ4n) is 3.82. The van der Waals surface area contributed by atoms with Crippen molar-refractivity contribution >= 4 is 23.8 Å². The van der Waals surface area contributed by atoms with E-state index in [0.29, 0.717) is 33.6 Å². The molecule has 2 aromatic rings. The molecule has 1 unspecified atom stereocenters. The van der Waals surface area contributed by atoms with Gasteiger partial charge in [0.1, 0.15) is 18.0 Å². The van der Waals surface area contributed by atoms with Gasteiger partial charge in [-0.2, -0.15) is 0 Å². The molecule has 0 fully saturated rings. The molecule has 1 aromatic heterocycles. The Morgan fingerprint density at radius 3 is 2.23 bits per heavy atom. The molecule has 0 aliphatic heterocycles. The van der Waals surface area contributed by atoms with Gasteiger partial charge in [0, 0.05) is 17.5 Å². The Morgan fingerprint density at radius 2 is 1.71 bits per heavy atom. The van der Waals surface area contributed by atoms with Gasteiger partial charge in [-0.3, -0.25) is 14.6 Å². The molecule has 35 heavy (non-hydrogen) atoms. The van der Waals surface area contributed by atoms with Crippen LogP contribution in [0.4, 0.5) is 4.39 Å². The van der Waals surface area contributed by atoms with Crippen LogP contribution in [-0.2, 0) is 14.3 Å². The summed E-state index contributed by atoms with van der Waals surface area (Å²) < 4.78 is 19.0. The summed E-state index contributed by atoms with van der Waals surface area (Å²) in [4.78, 5) is 40.4. The third-order valence-electron chi connectivity index (χ3n) is 5.29. The lowest BCUT2D eigenvalue weighted by molar-refractivity contribution is -0.140. The van der Waals surface area contributed by atoms with E-state index in [2.05, 4.69) is 0 Å². The quantitative estimate of drug-likeness (QED) is 0.335. The van der Waals surface area contributed by atoms with E-state index in [1.165, 1.54) is 18.2 Å². The zero-order valence-corrected chi connectivity index (χ0v) is 20.7. The first-order valence-electron chi connectivity index (χ1n) is 11.6. The lowest BCUT2D eigenvalue weighted by atomic mass is 9.85. The number of aliphatic hydroxyl groups excluding tert-OH is 1.